The Morgan fingerprint density at radius 2 is 2.04 bits per heavy atom. The van der Waals surface area contributed by atoms with Crippen LogP contribution in [0.1, 0.15) is 33.6 Å². The van der Waals surface area contributed by atoms with Crippen LogP contribution in [0.5, 0.6) is 0 Å². The lowest BCUT2D eigenvalue weighted by molar-refractivity contribution is 0.0600. The van der Waals surface area contributed by atoms with E-state index >= 15 is 0 Å². The molecule has 1 aromatic heterocycles. The summed E-state index contributed by atoms with van der Waals surface area (Å²) in [5.74, 6) is -0.0356. The van der Waals surface area contributed by atoms with Crippen LogP contribution < -0.4 is 10.6 Å². The number of nitrogens with one attached hydrogen (secondary N) is 2. The van der Waals surface area contributed by atoms with Crippen LogP contribution in [0.3, 0.4) is 0 Å². The van der Waals surface area contributed by atoms with E-state index in [1.165, 1.54) is 7.11 Å². The summed E-state index contributed by atoms with van der Waals surface area (Å²) in [5.41, 5.74) is 1.51. The van der Waals surface area contributed by atoms with E-state index in [4.69, 9.17) is 4.74 Å². The number of hydrogen-bond acceptors (Lipinski definition) is 6. The van der Waals surface area contributed by atoms with E-state index in [2.05, 4.69) is 20.4 Å². The summed E-state index contributed by atoms with van der Waals surface area (Å²) in [6.07, 6.45) is 3.90. The summed E-state index contributed by atoms with van der Waals surface area (Å²) >= 11 is 0. The number of rotatable bonds is 6. The first-order valence-corrected chi connectivity index (χ1v) is 8.47. The van der Waals surface area contributed by atoms with Gasteiger partial charge < -0.3 is 20.1 Å². The predicted octanol–water partition coefficient (Wildman–Crippen LogP) is 2.71. The van der Waals surface area contributed by atoms with Gasteiger partial charge >= 0.3 is 5.97 Å². The van der Waals surface area contributed by atoms with Gasteiger partial charge in [-0.2, -0.15) is 0 Å². The van der Waals surface area contributed by atoms with E-state index in [1.807, 2.05) is 0 Å². The number of anilines is 2. The van der Waals surface area contributed by atoms with E-state index in [-0.39, 0.29) is 12.0 Å². The molecular formula is C19H21N3O4. The zero-order chi connectivity index (χ0) is 18.4. The maximum Gasteiger partial charge on any atom is 0.337 e. The SMILES string of the molecule is COC(=O)c1ccc(NC(=O)c2ccnc(NCC3CCCO3)c2)cc1. The minimum absolute atomic E-state index is 0.197. The molecule has 0 aliphatic carbocycles. The minimum Gasteiger partial charge on any atom is -0.465 e. The number of amides is 1. The fourth-order valence-corrected chi connectivity index (χ4v) is 2.70. The van der Waals surface area contributed by atoms with Crippen LogP contribution in [0, 0.1) is 0 Å². The Morgan fingerprint density at radius 3 is 2.73 bits per heavy atom. The Balaban J connectivity index is 1.60. The Bertz CT molecular complexity index is 771. The van der Waals surface area contributed by atoms with Crippen LogP contribution in [0.15, 0.2) is 42.6 Å². The molecule has 136 valence electrons. The van der Waals surface area contributed by atoms with Gasteiger partial charge in [0.1, 0.15) is 5.82 Å². The summed E-state index contributed by atoms with van der Waals surface area (Å²) in [4.78, 5) is 28.1. The average molecular weight is 355 g/mol. The molecule has 1 aliphatic rings. The van der Waals surface area contributed by atoms with E-state index in [9.17, 15) is 9.59 Å². The van der Waals surface area contributed by atoms with E-state index < -0.39 is 5.97 Å². The summed E-state index contributed by atoms with van der Waals surface area (Å²) in [7, 11) is 1.33. The van der Waals surface area contributed by atoms with E-state index in [0.29, 0.717) is 29.2 Å². The standard InChI is InChI=1S/C19H21N3O4/c1-25-19(24)13-4-6-15(7-5-13)22-18(23)14-8-9-20-17(11-14)21-12-16-3-2-10-26-16/h4-9,11,16H,2-3,10,12H2,1H3,(H,20,21)(H,22,23). The van der Waals surface area contributed by atoms with E-state index in [0.717, 1.165) is 19.4 Å². The van der Waals surface area contributed by atoms with Crippen molar-refractivity contribution in [2.45, 2.75) is 18.9 Å². The first-order valence-electron chi connectivity index (χ1n) is 8.47. The van der Waals surface area contributed by atoms with Gasteiger partial charge in [-0.05, 0) is 49.2 Å². The Morgan fingerprint density at radius 1 is 1.23 bits per heavy atom. The Kier molecular flexibility index (Phi) is 5.80. The molecule has 1 atom stereocenters. The molecule has 0 radical (unpaired) electrons. The second-order valence-corrected chi connectivity index (χ2v) is 5.97. The van der Waals surface area contributed by atoms with Crippen LogP contribution in [0.4, 0.5) is 11.5 Å². The number of hydrogen-bond donors (Lipinski definition) is 2. The molecule has 7 heteroatoms. The molecule has 2 heterocycles. The van der Waals surface area contributed by atoms with Gasteiger partial charge in [-0.1, -0.05) is 0 Å². The number of nitrogens with zero attached hydrogens (tertiary/aromatic N) is 1. The summed E-state index contributed by atoms with van der Waals surface area (Å²) in [5, 5.41) is 6.00. The number of carbonyl (C=O) groups is 2. The largest absolute Gasteiger partial charge is 0.465 e. The molecule has 1 aromatic carbocycles. The average Bonchev–Trinajstić information content (AvgIpc) is 3.20. The second-order valence-electron chi connectivity index (χ2n) is 5.97. The van der Waals surface area contributed by atoms with Gasteiger partial charge in [0.05, 0.1) is 18.8 Å². The van der Waals surface area contributed by atoms with Crippen molar-refractivity contribution in [3.05, 3.63) is 53.7 Å². The molecule has 1 aliphatic heterocycles. The quantitative estimate of drug-likeness (QED) is 0.775. The highest BCUT2D eigenvalue weighted by Crippen LogP contribution is 2.15. The molecule has 3 rings (SSSR count). The minimum atomic E-state index is -0.418. The molecule has 1 amide bonds. The van der Waals surface area contributed by atoms with Crippen LogP contribution in [0.25, 0.3) is 0 Å². The zero-order valence-electron chi connectivity index (χ0n) is 14.5. The lowest BCUT2D eigenvalue weighted by Crippen LogP contribution is -2.19. The third-order valence-corrected chi connectivity index (χ3v) is 4.12. The molecule has 0 spiro atoms. The molecule has 26 heavy (non-hydrogen) atoms. The van der Waals surface area contributed by atoms with Crippen molar-refractivity contribution < 1.29 is 19.1 Å². The number of esters is 1. The van der Waals surface area contributed by atoms with Crippen LogP contribution >= 0.6 is 0 Å². The lowest BCUT2D eigenvalue weighted by Gasteiger charge is -2.12. The van der Waals surface area contributed by atoms with Crippen LogP contribution in [-0.4, -0.2) is 43.2 Å². The number of ether oxygens (including phenoxy) is 2. The maximum atomic E-state index is 12.4. The molecular weight excluding hydrogens is 334 g/mol. The van der Waals surface area contributed by atoms with Crippen molar-refractivity contribution in [3.8, 4) is 0 Å². The summed E-state index contributed by atoms with van der Waals surface area (Å²) < 4.78 is 10.2. The number of carbonyl (C=O) groups excluding carboxylic acids is 2. The van der Waals surface area contributed by atoms with Gasteiger partial charge in [-0.15, -0.1) is 0 Å². The number of methoxy groups -OCH3 is 1. The molecule has 1 unspecified atom stereocenters. The van der Waals surface area contributed by atoms with Crippen molar-refractivity contribution in [1.82, 2.24) is 4.98 Å². The molecule has 2 aromatic rings. The lowest BCUT2D eigenvalue weighted by atomic mass is 10.2. The van der Waals surface area contributed by atoms with Crippen molar-refractivity contribution in [2.75, 3.05) is 30.9 Å². The van der Waals surface area contributed by atoms with Crippen LogP contribution in [-0.2, 0) is 9.47 Å². The van der Waals surface area contributed by atoms with Gasteiger partial charge in [0.15, 0.2) is 0 Å². The topological polar surface area (TPSA) is 89.5 Å². The monoisotopic (exact) mass is 355 g/mol. The van der Waals surface area contributed by atoms with Gasteiger partial charge in [0.2, 0.25) is 0 Å². The van der Waals surface area contributed by atoms with Gasteiger partial charge in [-0.25, -0.2) is 9.78 Å². The Labute approximate surface area is 151 Å². The molecule has 1 fully saturated rings. The second kappa shape index (κ2) is 8.44. The first-order chi connectivity index (χ1) is 12.7. The maximum absolute atomic E-state index is 12.4. The Hall–Kier alpha value is -2.93. The normalized spacial score (nSPS) is 16.1. The highest BCUT2D eigenvalue weighted by Gasteiger charge is 2.15. The van der Waals surface area contributed by atoms with Crippen molar-refractivity contribution >= 4 is 23.4 Å². The first kappa shape index (κ1) is 17.9. The van der Waals surface area contributed by atoms with Gasteiger partial charge in [0, 0.05) is 30.6 Å². The number of pyridine rings is 1. The fraction of sp³-hybridized carbons (Fsp3) is 0.316. The third-order valence-electron chi connectivity index (χ3n) is 4.12. The molecule has 1 saturated heterocycles. The fourth-order valence-electron chi connectivity index (χ4n) is 2.70. The highest BCUT2D eigenvalue weighted by atomic mass is 16.5. The van der Waals surface area contributed by atoms with Gasteiger partial charge in [0.25, 0.3) is 5.91 Å². The number of aromatic nitrogens is 1. The van der Waals surface area contributed by atoms with Crippen LogP contribution in [0.2, 0.25) is 0 Å². The summed E-state index contributed by atoms with van der Waals surface area (Å²) in [6.45, 7) is 1.48. The molecule has 2 N–H and O–H groups in total. The number of benzene rings is 1. The molecule has 7 nitrogen and oxygen atoms in total. The molecule has 0 saturated carbocycles. The third kappa shape index (κ3) is 4.58. The predicted molar refractivity (Wildman–Crippen MR) is 97.4 cm³/mol. The highest BCUT2D eigenvalue weighted by molar-refractivity contribution is 6.04. The van der Waals surface area contributed by atoms with E-state index in [1.54, 1.807) is 42.6 Å². The zero-order valence-corrected chi connectivity index (χ0v) is 14.5. The smallest absolute Gasteiger partial charge is 0.337 e. The van der Waals surface area contributed by atoms with Crippen molar-refractivity contribution in [3.63, 3.8) is 0 Å². The van der Waals surface area contributed by atoms with Crippen molar-refractivity contribution in [2.24, 2.45) is 0 Å². The van der Waals surface area contributed by atoms with Gasteiger partial charge in [-0.3, -0.25) is 4.79 Å². The molecule has 0 bridgehead atoms. The van der Waals surface area contributed by atoms with Crippen molar-refractivity contribution in [1.29, 1.82) is 0 Å². The summed E-state index contributed by atoms with van der Waals surface area (Å²) in [6, 6.07) is 9.86.